The van der Waals surface area contributed by atoms with E-state index in [9.17, 15) is 9.90 Å². The molecule has 1 aliphatic carbocycles. The lowest BCUT2D eigenvalue weighted by Crippen LogP contribution is -2.50. The minimum atomic E-state index is -0.834. The number of halogens is 2. The largest absolute Gasteiger partial charge is 0.465 e. The number of hydrogen-bond acceptors (Lipinski definition) is 3. The third-order valence-corrected chi connectivity index (χ3v) is 6.43. The molecule has 28 heavy (non-hydrogen) atoms. The molecule has 0 spiro atoms. The Labute approximate surface area is 181 Å². The van der Waals surface area contributed by atoms with Crippen LogP contribution < -0.4 is 0 Å². The van der Waals surface area contributed by atoms with Crippen molar-refractivity contribution in [2.45, 2.75) is 25.2 Å². The fourth-order valence-corrected chi connectivity index (χ4v) is 5.60. The highest BCUT2D eigenvalue weighted by molar-refractivity contribution is 9.11. The Morgan fingerprint density at radius 2 is 1.75 bits per heavy atom. The summed E-state index contributed by atoms with van der Waals surface area (Å²) in [5.74, 6) is 0. The molecule has 7 heteroatoms. The maximum absolute atomic E-state index is 11.2. The lowest BCUT2D eigenvalue weighted by Gasteiger charge is -2.39. The van der Waals surface area contributed by atoms with E-state index in [1.807, 2.05) is 6.07 Å². The predicted molar refractivity (Wildman–Crippen MR) is 114 cm³/mol. The molecule has 0 aromatic heterocycles. The highest BCUT2D eigenvalue weighted by Gasteiger charge is 2.38. The molecule has 0 bridgehead atoms. The van der Waals surface area contributed by atoms with Gasteiger partial charge in [-0.05, 0) is 34.9 Å². The van der Waals surface area contributed by atoms with Crippen LogP contribution in [0.1, 0.15) is 22.7 Å². The van der Waals surface area contributed by atoms with Crippen molar-refractivity contribution in [2.24, 2.45) is 0 Å². The first-order valence-electron chi connectivity index (χ1n) is 9.37. The third-order valence-electron chi connectivity index (χ3n) is 5.51. The first-order chi connectivity index (χ1) is 13.5. The Bertz CT molecular complexity index is 848. The summed E-state index contributed by atoms with van der Waals surface area (Å²) in [7, 11) is 0. The van der Waals surface area contributed by atoms with Crippen molar-refractivity contribution >= 4 is 38.0 Å². The van der Waals surface area contributed by atoms with Gasteiger partial charge in [-0.1, -0.05) is 56.1 Å². The molecule has 148 valence electrons. The molecule has 1 heterocycles. The predicted octanol–water partition coefficient (Wildman–Crippen LogP) is 4.69. The first kappa shape index (κ1) is 19.9. The molecule has 2 aromatic carbocycles. The Morgan fingerprint density at radius 1 is 1.07 bits per heavy atom. The minimum Gasteiger partial charge on any atom is -0.465 e. The number of piperazine rings is 1. The lowest BCUT2D eigenvalue weighted by molar-refractivity contribution is -0.0270. The Kier molecular flexibility index (Phi) is 6.06. The van der Waals surface area contributed by atoms with Crippen LogP contribution in [0.2, 0.25) is 0 Å². The van der Waals surface area contributed by atoms with Crippen LogP contribution in [-0.2, 0) is 17.8 Å². The molecule has 4 rings (SSSR count). The van der Waals surface area contributed by atoms with Gasteiger partial charge in [0.05, 0.1) is 18.8 Å². The lowest BCUT2D eigenvalue weighted by atomic mass is 10.1. The molecule has 1 saturated heterocycles. The fourth-order valence-electron chi connectivity index (χ4n) is 4.21. The summed E-state index contributed by atoms with van der Waals surface area (Å²) < 4.78 is 8.46. The van der Waals surface area contributed by atoms with Gasteiger partial charge < -0.3 is 14.7 Å². The van der Waals surface area contributed by atoms with Crippen LogP contribution in [0.5, 0.6) is 0 Å². The van der Waals surface area contributed by atoms with E-state index in [0.717, 1.165) is 34.0 Å². The van der Waals surface area contributed by atoms with Gasteiger partial charge in [0.1, 0.15) is 0 Å². The van der Waals surface area contributed by atoms with E-state index >= 15 is 0 Å². The summed E-state index contributed by atoms with van der Waals surface area (Å²) in [6.07, 6.45) is 0.112. The molecule has 1 fully saturated rings. The van der Waals surface area contributed by atoms with Crippen LogP contribution in [0.25, 0.3) is 0 Å². The SMILES string of the molecule is O=C(O)N1CCN(C2c3ccccc3CC2OCc2cc(Br)cc(Br)c2)CC1. The highest BCUT2D eigenvalue weighted by Crippen LogP contribution is 2.38. The van der Waals surface area contributed by atoms with Crippen molar-refractivity contribution in [3.05, 3.63) is 68.1 Å². The van der Waals surface area contributed by atoms with Crippen molar-refractivity contribution in [1.82, 2.24) is 9.80 Å². The van der Waals surface area contributed by atoms with Gasteiger partial charge in [-0.15, -0.1) is 0 Å². The Balaban J connectivity index is 1.50. The van der Waals surface area contributed by atoms with Gasteiger partial charge in [0.15, 0.2) is 0 Å². The molecule has 2 atom stereocenters. The standard InChI is InChI=1S/C21H22Br2N2O3/c22-16-9-14(10-17(23)12-16)13-28-19-11-15-3-1-2-4-18(15)20(19)24-5-7-25(8-6-24)21(26)27/h1-4,9-10,12,19-20H,5-8,11,13H2,(H,26,27). The monoisotopic (exact) mass is 508 g/mol. The van der Waals surface area contributed by atoms with Gasteiger partial charge >= 0.3 is 6.09 Å². The zero-order valence-corrected chi connectivity index (χ0v) is 18.5. The van der Waals surface area contributed by atoms with Crippen LogP contribution in [0.15, 0.2) is 51.4 Å². The smallest absolute Gasteiger partial charge is 0.407 e. The van der Waals surface area contributed by atoms with Crippen LogP contribution in [0.4, 0.5) is 4.79 Å². The number of rotatable bonds is 4. The second kappa shape index (κ2) is 8.53. The molecule has 2 aromatic rings. The number of nitrogens with zero attached hydrogens (tertiary/aromatic N) is 2. The topological polar surface area (TPSA) is 53.0 Å². The quantitative estimate of drug-likeness (QED) is 0.649. The number of ether oxygens (including phenoxy) is 1. The summed E-state index contributed by atoms with van der Waals surface area (Å²) in [6, 6.07) is 14.8. The number of carboxylic acid groups (broad SMARTS) is 1. The zero-order valence-electron chi connectivity index (χ0n) is 15.4. The van der Waals surface area contributed by atoms with Crippen LogP contribution in [-0.4, -0.2) is 53.3 Å². The molecular formula is C21H22Br2N2O3. The van der Waals surface area contributed by atoms with Crippen molar-refractivity contribution in [3.8, 4) is 0 Å². The molecule has 0 radical (unpaired) electrons. The number of fused-ring (bicyclic) bond motifs is 1. The summed E-state index contributed by atoms with van der Waals surface area (Å²) in [4.78, 5) is 15.1. The molecule has 1 aliphatic heterocycles. The van der Waals surface area contributed by atoms with E-state index in [1.54, 1.807) is 0 Å². The maximum atomic E-state index is 11.2. The van der Waals surface area contributed by atoms with E-state index in [4.69, 9.17) is 4.74 Å². The van der Waals surface area contributed by atoms with Crippen molar-refractivity contribution < 1.29 is 14.6 Å². The van der Waals surface area contributed by atoms with Gasteiger partial charge in [0.25, 0.3) is 0 Å². The van der Waals surface area contributed by atoms with Gasteiger partial charge in [-0.3, -0.25) is 4.90 Å². The second-order valence-electron chi connectivity index (χ2n) is 7.28. The zero-order chi connectivity index (χ0) is 19.7. The van der Waals surface area contributed by atoms with Crippen molar-refractivity contribution in [3.63, 3.8) is 0 Å². The van der Waals surface area contributed by atoms with E-state index in [2.05, 4.69) is 73.2 Å². The van der Waals surface area contributed by atoms with E-state index < -0.39 is 6.09 Å². The molecular weight excluding hydrogens is 488 g/mol. The fraction of sp³-hybridized carbons (Fsp3) is 0.381. The number of carbonyl (C=O) groups is 1. The Morgan fingerprint density at radius 3 is 2.43 bits per heavy atom. The average molecular weight is 510 g/mol. The summed E-state index contributed by atoms with van der Waals surface area (Å²) in [5.41, 5.74) is 3.76. The third kappa shape index (κ3) is 4.27. The van der Waals surface area contributed by atoms with Gasteiger partial charge in [-0.25, -0.2) is 4.79 Å². The van der Waals surface area contributed by atoms with Crippen LogP contribution in [0.3, 0.4) is 0 Å². The molecule has 1 N–H and O–H groups in total. The van der Waals surface area contributed by atoms with Crippen LogP contribution >= 0.6 is 31.9 Å². The van der Waals surface area contributed by atoms with E-state index in [0.29, 0.717) is 19.7 Å². The van der Waals surface area contributed by atoms with Crippen molar-refractivity contribution in [1.29, 1.82) is 0 Å². The number of hydrogen-bond donors (Lipinski definition) is 1. The summed E-state index contributed by atoms with van der Waals surface area (Å²) >= 11 is 7.07. The van der Waals surface area contributed by atoms with Gasteiger partial charge in [0, 0.05) is 41.5 Å². The number of amides is 1. The number of benzene rings is 2. The molecule has 2 unspecified atom stereocenters. The van der Waals surface area contributed by atoms with Crippen LogP contribution in [0, 0.1) is 0 Å². The normalized spacial score (nSPS) is 22.3. The molecule has 0 saturated carbocycles. The molecule has 5 nitrogen and oxygen atoms in total. The maximum Gasteiger partial charge on any atom is 0.407 e. The van der Waals surface area contributed by atoms with E-state index in [-0.39, 0.29) is 12.1 Å². The molecule has 2 aliphatic rings. The summed E-state index contributed by atoms with van der Waals surface area (Å²) in [5, 5.41) is 9.23. The summed E-state index contributed by atoms with van der Waals surface area (Å²) in [6.45, 7) is 3.09. The average Bonchev–Trinajstić information content (AvgIpc) is 3.04. The highest BCUT2D eigenvalue weighted by atomic mass is 79.9. The van der Waals surface area contributed by atoms with Gasteiger partial charge in [-0.2, -0.15) is 0 Å². The Hall–Kier alpha value is -1.41. The van der Waals surface area contributed by atoms with Crippen molar-refractivity contribution in [2.75, 3.05) is 26.2 Å². The molecule has 1 amide bonds. The second-order valence-corrected chi connectivity index (χ2v) is 9.11. The first-order valence-corrected chi connectivity index (χ1v) is 11.0. The van der Waals surface area contributed by atoms with Gasteiger partial charge in [0.2, 0.25) is 0 Å². The van der Waals surface area contributed by atoms with E-state index in [1.165, 1.54) is 16.0 Å². The minimum absolute atomic E-state index is 0.0616.